The second-order valence-electron chi connectivity index (χ2n) is 12.6. The fourth-order valence-electron chi connectivity index (χ4n) is 9.14. The van der Waals surface area contributed by atoms with Crippen molar-refractivity contribution >= 4 is 16.0 Å². The second kappa shape index (κ2) is 11.2. The summed E-state index contributed by atoms with van der Waals surface area (Å²) in [7, 11) is -4.31. The Morgan fingerprint density at radius 3 is 2.40 bits per heavy atom. The van der Waals surface area contributed by atoms with Gasteiger partial charge >= 0.3 is 29.6 Å². The molecule has 4 saturated carbocycles. The van der Waals surface area contributed by atoms with Crippen molar-refractivity contribution in [3.63, 3.8) is 0 Å². The molecule has 0 bridgehead atoms. The molecule has 0 heterocycles. The first-order valence-electron chi connectivity index (χ1n) is 13.4. The van der Waals surface area contributed by atoms with E-state index in [0.29, 0.717) is 41.9 Å². The Kier molecular flexibility index (Phi) is 9.54. The molecule has 3 N–H and O–H groups in total. The summed E-state index contributed by atoms with van der Waals surface area (Å²) in [6.45, 7) is 6.96. The standard InChI is InChI=1S/C26H45NO6S.Na/c1-16(4-7-23(30)27-12-13-34(31,32)33)19-5-6-20-24-21(9-11-26(19,20)3)25(2)10-8-18(28)14-17(25)15-22(24)29;/h16-22,24,28-29H,4-15H2,1-3H3,(H,27,30)(H,31,32,33);/q;+1/p-1/t16-,17?,18-,19-,20+,21+,22-,24+,25+,26-;/m1./s1. The molecule has 0 aliphatic heterocycles. The van der Waals surface area contributed by atoms with Crippen molar-refractivity contribution in [2.45, 2.75) is 97.2 Å². The van der Waals surface area contributed by atoms with Crippen LogP contribution in [0.1, 0.15) is 85.0 Å². The largest absolute Gasteiger partial charge is 1.00 e. The number of fused-ring (bicyclic) bond motifs is 5. The molecular formula is C26H44NNaO6S. The molecule has 4 aliphatic rings. The van der Waals surface area contributed by atoms with Crippen LogP contribution in [0.5, 0.6) is 0 Å². The van der Waals surface area contributed by atoms with Crippen LogP contribution in [0.3, 0.4) is 0 Å². The fraction of sp³-hybridized carbons (Fsp3) is 0.962. The summed E-state index contributed by atoms with van der Waals surface area (Å²) in [5.74, 6) is 1.92. The van der Waals surface area contributed by atoms with Crippen LogP contribution >= 0.6 is 0 Å². The molecule has 4 aliphatic carbocycles. The number of nitrogens with one attached hydrogen (secondary N) is 1. The molecule has 1 amide bonds. The van der Waals surface area contributed by atoms with Gasteiger partial charge in [0.05, 0.1) is 28.1 Å². The van der Waals surface area contributed by atoms with Gasteiger partial charge in [-0.15, -0.1) is 0 Å². The van der Waals surface area contributed by atoms with E-state index in [9.17, 15) is 28.0 Å². The Labute approximate surface area is 233 Å². The van der Waals surface area contributed by atoms with Gasteiger partial charge in [0.25, 0.3) is 0 Å². The zero-order chi connectivity index (χ0) is 24.9. The molecule has 0 aromatic heterocycles. The van der Waals surface area contributed by atoms with Gasteiger partial charge in [-0.3, -0.25) is 4.79 Å². The van der Waals surface area contributed by atoms with Gasteiger partial charge in [-0.05, 0) is 104 Å². The Bertz CT molecular complexity index is 870. The monoisotopic (exact) mass is 521 g/mol. The summed E-state index contributed by atoms with van der Waals surface area (Å²) in [6, 6.07) is 0. The first-order valence-corrected chi connectivity index (χ1v) is 15.0. The van der Waals surface area contributed by atoms with Crippen molar-refractivity contribution in [3.8, 4) is 0 Å². The summed E-state index contributed by atoms with van der Waals surface area (Å²) in [5.41, 5.74) is 0.399. The number of aliphatic hydroxyl groups is 2. The molecule has 0 saturated heterocycles. The quantitative estimate of drug-likeness (QED) is 0.321. The van der Waals surface area contributed by atoms with Crippen molar-refractivity contribution < 1.29 is 57.5 Å². The van der Waals surface area contributed by atoms with Crippen molar-refractivity contribution in [2.75, 3.05) is 12.3 Å². The Balaban J connectivity index is 0.00000342. The number of amides is 1. The third-order valence-corrected chi connectivity index (χ3v) is 11.6. The summed E-state index contributed by atoms with van der Waals surface area (Å²) < 4.78 is 32.2. The van der Waals surface area contributed by atoms with Crippen LogP contribution < -0.4 is 34.9 Å². The van der Waals surface area contributed by atoms with E-state index < -0.39 is 15.9 Å². The predicted octanol–water partition coefficient (Wildman–Crippen LogP) is 0.0587. The van der Waals surface area contributed by atoms with E-state index in [2.05, 4.69) is 26.1 Å². The van der Waals surface area contributed by atoms with Crippen molar-refractivity contribution in [2.24, 2.45) is 46.3 Å². The van der Waals surface area contributed by atoms with E-state index in [1.54, 1.807) is 0 Å². The summed E-state index contributed by atoms with van der Waals surface area (Å²) >= 11 is 0. The average molecular weight is 522 g/mol. The van der Waals surface area contributed by atoms with Crippen molar-refractivity contribution in [1.29, 1.82) is 0 Å². The molecule has 10 atom stereocenters. The molecule has 0 aromatic rings. The van der Waals surface area contributed by atoms with Crippen LogP contribution in [0.15, 0.2) is 0 Å². The van der Waals surface area contributed by atoms with Gasteiger partial charge in [0.1, 0.15) is 0 Å². The number of hydrogen-bond donors (Lipinski definition) is 3. The first-order chi connectivity index (χ1) is 15.8. The van der Waals surface area contributed by atoms with Crippen LogP contribution in [0.2, 0.25) is 0 Å². The fourth-order valence-corrected chi connectivity index (χ4v) is 9.49. The molecule has 0 aromatic carbocycles. The van der Waals surface area contributed by atoms with E-state index >= 15 is 0 Å². The Morgan fingerprint density at radius 2 is 1.71 bits per heavy atom. The normalized spacial score (nSPS) is 43.8. The van der Waals surface area contributed by atoms with Gasteiger partial charge in [0, 0.05) is 13.0 Å². The van der Waals surface area contributed by atoms with Gasteiger partial charge in [0.15, 0.2) is 0 Å². The number of aliphatic hydroxyl groups excluding tert-OH is 2. The first kappa shape index (κ1) is 29.9. The molecule has 9 heteroatoms. The van der Waals surface area contributed by atoms with Gasteiger partial charge in [-0.25, -0.2) is 8.42 Å². The number of rotatable bonds is 7. The maximum atomic E-state index is 12.2. The molecule has 4 fully saturated rings. The van der Waals surface area contributed by atoms with Crippen LogP contribution in [0, 0.1) is 46.3 Å². The van der Waals surface area contributed by atoms with Crippen LogP contribution in [-0.4, -0.2) is 53.6 Å². The topological polar surface area (TPSA) is 127 Å². The smallest absolute Gasteiger partial charge is 0.748 e. The zero-order valence-corrected chi connectivity index (χ0v) is 24.9. The van der Waals surface area contributed by atoms with E-state index in [1.165, 1.54) is 6.42 Å². The van der Waals surface area contributed by atoms with Crippen LogP contribution in [-0.2, 0) is 14.9 Å². The molecule has 0 radical (unpaired) electrons. The number of carbonyl (C=O) groups excluding carboxylic acids is 1. The third-order valence-electron chi connectivity index (χ3n) is 10.9. The summed E-state index contributed by atoms with van der Waals surface area (Å²) in [5, 5.41) is 24.2. The molecule has 1 unspecified atom stereocenters. The minimum atomic E-state index is -4.31. The van der Waals surface area contributed by atoms with Gasteiger partial charge in [-0.1, -0.05) is 20.8 Å². The predicted molar refractivity (Wildman–Crippen MR) is 129 cm³/mol. The Morgan fingerprint density at radius 1 is 1.06 bits per heavy atom. The van der Waals surface area contributed by atoms with Gasteiger partial charge in [-0.2, -0.15) is 0 Å². The molecule has 4 rings (SSSR count). The Hall–Kier alpha value is 0.300. The van der Waals surface area contributed by atoms with Crippen molar-refractivity contribution in [3.05, 3.63) is 0 Å². The molecule has 35 heavy (non-hydrogen) atoms. The minimum absolute atomic E-state index is 0. The van der Waals surface area contributed by atoms with Crippen molar-refractivity contribution in [1.82, 2.24) is 5.32 Å². The molecule has 7 nitrogen and oxygen atoms in total. The zero-order valence-electron chi connectivity index (χ0n) is 22.0. The van der Waals surface area contributed by atoms with E-state index in [0.717, 1.165) is 51.4 Å². The molecule has 196 valence electrons. The van der Waals surface area contributed by atoms with E-state index in [4.69, 9.17) is 0 Å². The SMILES string of the molecule is C[C@H](CCC(=O)NCCS(=O)(=O)[O-])[C@H]1CC[C@H]2[C@@H]3[C@H](O)CC4C[C@H](O)CC[C@]4(C)[C@H]3CC[C@]12C.[Na+]. The number of hydrogen-bond acceptors (Lipinski definition) is 6. The maximum absolute atomic E-state index is 12.2. The summed E-state index contributed by atoms with van der Waals surface area (Å²) in [4.78, 5) is 12.2. The van der Waals surface area contributed by atoms with Crippen LogP contribution in [0.4, 0.5) is 0 Å². The number of carbonyl (C=O) groups is 1. The van der Waals surface area contributed by atoms with E-state index in [-0.39, 0.29) is 65.0 Å². The minimum Gasteiger partial charge on any atom is -0.748 e. The third kappa shape index (κ3) is 5.99. The summed E-state index contributed by atoms with van der Waals surface area (Å²) in [6.07, 6.45) is 8.78. The average Bonchev–Trinajstić information content (AvgIpc) is 3.09. The second-order valence-corrected chi connectivity index (χ2v) is 14.1. The van der Waals surface area contributed by atoms with Crippen LogP contribution in [0.25, 0.3) is 0 Å². The van der Waals surface area contributed by atoms with Gasteiger partial charge < -0.3 is 20.1 Å². The maximum Gasteiger partial charge on any atom is 1.00 e. The van der Waals surface area contributed by atoms with Gasteiger partial charge in [0.2, 0.25) is 5.91 Å². The van der Waals surface area contributed by atoms with E-state index in [1.807, 2.05) is 0 Å². The molecular weight excluding hydrogens is 477 g/mol. The molecule has 0 spiro atoms.